The minimum absolute atomic E-state index is 0.166. The average molecular weight is 340 g/mol. The molecule has 1 heterocycles. The fraction of sp³-hybridized carbons (Fsp3) is 0.0625. The molecule has 3 rings (SSSR count). The maximum Gasteiger partial charge on any atom is 0.260 e. The number of aryl methyl sites for hydroxylation is 1. The number of fused-ring (bicyclic) bond motifs is 1. The van der Waals surface area contributed by atoms with E-state index in [4.69, 9.17) is 17.1 Å². The molecular formula is C16H12ClN6O+. The highest BCUT2D eigenvalue weighted by Crippen LogP contribution is 2.34. The Hall–Kier alpha value is -3.24. The highest BCUT2D eigenvalue weighted by molar-refractivity contribution is 6.33. The first kappa shape index (κ1) is 15.6. The fourth-order valence-electron chi connectivity index (χ4n) is 2.34. The van der Waals surface area contributed by atoms with E-state index in [2.05, 4.69) is 15.4 Å². The van der Waals surface area contributed by atoms with Crippen LogP contribution in [0.25, 0.3) is 10.9 Å². The Balaban J connectivity index is 2.14. The SMILES string of the molecule is Cn1cnc2ccc(Nc3c(Cl)ccc(N=[NH2+])c3C#N)cc2c1=O. The molecule has 1 aromatic heterocycles. The molecule has 0 aliphatic carbocycles. The van der Waals surface area contributed by atoms with Gasteiger partial charge < -0.3 is 9.88 Å². The molecule has 3 N–H and O–H groups in total. The normalized spacial score (nSPS) is 10.4. The van der Waals surface area contributed by atoms with Gasteiger partial charge in [-0.3, -0.25) is 4.79 Å². The van der Waals surface area contributed by atoms with Crippen LogP contribution in [0.5, 0.6) is 0 Å². The summed E-state index contributed by atoms with van der Waals surface area (Å²) in [6.45, 7) is 0. The van der Waals surface area contributed by atoms with Gasteiger partial charge in [-0.1, -0.05) is 11.6 Å². The van der Waals surface area contributed by atoms with E-state index in [0.29, 0.717) is 33.0 Å². The summed E-state index contributed by atoms with van der Waals surface area (Å²) in [7, 11) is 1.63. The Morgan fingerprint density at radius 1 is 1.38 bits per heavy atom. The van der Waals surface area contributed by atoms with E-state index in [1.165, 1.54) is 10.9 Å². The van der Waals surface area contributed by atoms with Crippen molar-refractivity contribution in [2.24, 2.45) is 12.2 Å². The number of rotatable bonds is 3. The van der Waals surface area contributed by atoms with Gasteiger partial charge in [0, 0.05) is 12.7 Å². The molecule has 0 atom stereocenters. The molecule has 0 unspecified atom stereocenters. The summed E-state index contributed by atoms with van der Waals surface area (Å²) >= 11 is 6.19. The Morgan fingerprint density at radius 3 is 2.88 bits per heavy atom. The van der Waals surface area contributed by atoms with Crippen molar-refractivity contribution in [3.8, 4) is 6.07 Å². The Morgan fingerprint density at radius 2 is 2.17 bits per heavy atom. The number of nitrogens with two attached hydrogens (primary N) is 1. The van der Waals surface area contributed by atoms with Crippen molar-refractivity contribution in [1.82, 2.24) is 9.55 Å². The van der Waals surface area contributed by atoms with Crippen molar-refractivity contribution in [1.29, 1.82) is 5.26 Å². The van der Waals surface area contributed by atoms with Crippen LogP contribution in [0, 0.1) is 11.3 Å². The molecule has 0 saturated heterocycles. The topological polar surface area (TPSA) is 109 Å². The molecule has 118 valence electrons. The zero-order chi connectivity index (χ0) is 17.3. The monoisotopic (exact) mass is 339 g/mol. The molecule has 0 saturated carbocycles. The molecular weight excluding hydrogens is 328 g/mol. The second-order valence-corrected chi connectivity index (χ2v) is 5.48. The first-order valence-electron chi connectivity index (χ1n) is 6.91. The van der Waals surface area contributed by atoms with Gasteiger partial charge in [0.2, 0.25) is 0 Å². The van der Waals surface area contributed by atoms with Crippen LogP contribution in [0.4, 0.5) is 17.1 Å². The Bertz CT molecular complexity index is 1070. The summed E-state index contributed by atoms with van der Waals surface area (Å²) in [5, 5.41) is 16.8. The van der Waals surface area contributed by atoms with Crippen molar-refractivity contribution in [3.05, 3.63) is 57.6 Å². The lowest BCUT2D eigenvalue weighted by Crippen LogP contribution is -2.22. The summed E-state index contributed by atoms with van der Waals surface area (Å²) in [6.07, 6.45) is 1.47. The number of nitriles is 1. The predicted molar refractivity (Wildman–Crippen MR) is 90.4 cm³/mol. The van der Waals surface area contributed by atoms with Crippen LogP contribution in [-0.2, 0) is 7.05 Å². The number of anilines is 2. The average Bonchev–Trinajstić information content (AvgIpc) is 2.60. The number of halogens is 1. The first-order valence-corrected chi connectivity index (χ1v) is 7.29. The summed E-state index contributed by atoms with van der Waals surface area (Å²) in [4.78, 5) is 16.4. The molecule has 0 radical (unpaired) electrons. The highest BCUT2D eigenvalue weighted by Gasteiger charge is 2.14. The molecule has 3 aromatic rings. The fourth-order valence-corrected chi connectivity index (χ4v) is 2.55. The molecule has 0 spiro atoms. The van der Waals surface area contributed by atoms with Crippen molar-refractivity contribution in [3.63, 3.8) is 0 Å². The number of nitrogens with one attached hydrogen (secondary N) is 1. The third kappa shape index (κ3) is 2.59. The molecule has 8 heteroatoms. The van der Waals surface area contributed by atoms with Crippen molar-refractivity contribution in [2.45, 2.75) is 0 Å². The van der Waals surface area contributed by atoms with Crippen LogP contribution in [0.3, 0.4) is 0 Å². The zero-order valence-corrected chi connectivity index (χ0v) is 13.4. The minimum atomic E-state index is -0.166. The van der Waals surface area contributed by atoms with Crippen LogP contribution in [0.15, 0.2) is 46.6 Å². The number of hydrogen-bond acceptors (Lipinski definition) is 5. The maximum absolute atomic E-state index is 12.2. The van der Waals surface area contributed by atoms with Gasteiger partial charge in [-0.15, -0.1) is 0 Å². The summed E-state index contributed by atoms with van der Waals surface area (Å²) in [5.74, 6) is 0. The van der Waals surface area contributed by atoms with E-state index in [0.717, 1.165) is 0 Å². The smallest absolute Gasteiger partial charge is 0.260 e. The number of hydrogen-bond donors (Lipinski definition) is 2. The molecule has 0 aliphatic rings. The van der Waals surface area contributed by atoms with Gasteiger partial charge in [0.25, 0.3) is 5.56 Å². The van der Waals surface area contributed by atoms with Gasteiger partial charge in [-0.2, -0.15) is 10.8 Å². The minimum Gasteiger partial charge on any atom is -0.353 e. The zero-order valence-electron chi connectivity index (χ0n) is 12.6. The summed E-state index contributed by atoms with van der Waals surface area (Å²) < 4.78 is 1.40. The van der Waals surface area contributed by atoms with E-state index >= 15 is 0 Å². The number of benzene rings is 2. The molecule has 7 nitrogen and oxygen atoms in total. The van der Waals surface area contributed by atoms with Gasteiger partial charge in [0.15, 0.2) is 0 Å². The molecule has 0 bridgehead atoms. The predicted octanol–water partition coefficient (Wildman–Crippen LogP) is 2.04. The molecule has 0 aliphatic heterocycles. The van der Waals surface area contributed by atoms with Crippen LogP contribution in [0.2, 0.25) is 5.02 Å². The third-order valence-electron chi connectivity index (χ3n) is 3.57. The lowest BCUT2D eigenvalue weighted by atomic mass is 10.1. The largest absolute Gasteiger partial charge is 0.353 e. The Kier molecular flexibility index (Phi) is 3.98. The first-order chi connectivity index (χ1) is 11.5. The molecule has 0 amide bonds. The van der Waals surface area contributed by atoms with Gasteiger partial charge in [0.1, 0.15) is 17.3 Å². The van der Waals surface area contributed by atoms with E-state index in [1.54, 1.807) is 37.4 Å². The highest BCUT2D eigenvalue weighted by atomic mass is 35.5. The van der Waals surface area contributed by atoms with E-state index in [9.17, 15) is 10.1 Å². The third-order valence-corrected chi connectivity index (χ3v) is 3.89. The van der Waals surface area contributed by atoms with E-state index in [1.807, 2.05) is 6.07 Å². The maximum atomic E-state index is 12.2. The van der Waals surface area contributed by atoms with Gasteiger partial charge in [0.05, 0.1) is 27.9 Å². The molecule has 0 fully saturated rings. The van der Waals surface area contributed by atoms with Crippen molar-refractivity contribution < 1.29 is 5.53 Å². The van der Waals surface area contributed by atoms with Gasteiger partial charge in [-0.05, 0) is 35.4 Å². The molecule has 24 heavy (non-hydrogen) atoms. The van der Waals surface area contributed by atoms with E-state index < -0.39 is 0 Å². The van der Waals surface area contributed by atoms with E-state index in [-0.39, 0.29) is 11.1 Å². The van der Waals surface area contributed by atoms with Crippen LogP contribution in [-0.4, -0.2) is 9.55 Å². The summed E-state index contributed by atoms with van der Waals surface area (Å²) in [6, 6.07) is 10.3. The van der Waals surface area contributed by atoms with Gasteiger partial charge in [-0.25, -0.2) is 4.98 Å². The second-order valence-electron chi connectivity index (χ2n) is 5.07. The lowest BCUT2D eigenvalue weighted by Gasteiger charge is -2.11. The van der Waals surface area contributed by atoms with Gasteiger partial charge >= 0.3 is 0 Å². The van der Waals surface area contributed by atoms with Crippen LogP contribution >= 0.6 is 11.6 Å². The van der Waals surface area contributed by atoms with Crippen molar-refractivity contribution >= 4 is 39.6 Å². The van der Waals surface area contributed by atoms with Crippen LogP contribution < -0.4 is 16.4 Å². The summed E-state index contributed by atoms with van der Waals surface area (Å²) in [5.41, 5.74) is 7.24. The standard InChI is InChI=1S/C16H11ClN6O/c1-23-8-20-13-4-2-9(6-10(13)16(23)24)21-15-11(7-18)14(22-19)5-3-12(15)17/h2-6,8,19,21H,1H3/p+1. The second kappa shape index (κ2) is 6.10. The number of aromatic nitrogens is 2. The number of nitrogens with zero attached hydrogens (tertiary/aromatic N) is 4. The van der Waals surface area contributed by atoms with Crippen molar-refractivity contribution in [2.75, 3.05) is 5.32 Å². The molecule has 2 aromatic carbocycles. The van der Waals surface area contributed by atoms with Crippen LogP contribution in [0.1, 0.15) is 5.56 Å². The lowest BCUT2D eigenvalue weighted by molar-refractivity contribution is -0.210. The Labute approximate surface area is 141 Å². The quantitative estimate of drug-likeness (QED) is 0.711.